The molecule has 0 rings (SSSR count). The summed E-state index contributed by atoms with van der Waals surface area (Å²) in [6, 6.07) is 0. The van der Waals surface area contributed by atoms with Gasteiger partial charge in [0.05, 0.1) is 0 Å². The minimum Gasteiger partial charge on any atom is -0.462 e. The SMILES string of the molecule is CC/C=C\C/C=C\C/C=C\C/C=C\C/C=C\C/C=C\CCC(=O)OCC(COC(=O)CCCCC/C=C\C/C=C\C/C=C\CC)OC(=O)CCCCCCCCC/C=C\CCCCCCCC. The van der Waals surface area contributed by atoms with E-state index < -0.39 is 6.10 Å². The molecule has 1 atom stereocenters. The second kappa shape index (κ2) is 54.4. The lowest BCUT2D eigenvalue weighted by Gasteiger charge is -2.18. The van der Waals surface area contributed by atoms with E-state index >= 15 is 0 Å². The highest BCUT2D eigenvalue weighted by Gasteiger charge is 2.19. The first-order valence-electron chi connectivity index (χ1n) is 27.0. The Balaban J connectivity index is 4.55. The maximum absolute atomic E-state index is 12.8. The molecule has 0 heterocycles. The number of carbonyl (C=O) groups excluding carboxylic acids is 3. The van der Waals surface area contributed by atoms with Crippen LogP contribution in [-0.4, -0.2) is 37.2 Å². The van der Waals surface area contributed by atoms with Crippen LogP contribution in [0.2, 0.25) is 0 Å². The normalized spacial score (nSPS) is 13.1. The van der Waals surface area contributed by atoms with E-state index in [9.17, 15) is 14.4 Å². The van der Waals surface area contributed by atoms with E-state index in [1.54, 1.807) is 0 Å². The third kappa shape index (κ3) is 52.6. The first-order valence-corrected chi connectivity index (χ1v) is 27.0. The molecule has 0 aliphatic heterocycles. The molecule has 0 aromatic carbocycles. The van der Waals surface area contributed by atoms with Crippen LogP contribution in [0.1, 0.15) is 226 Å². The van der Waals surface area contributed by atoms with E-state index in [-0.39, 0.29) is 37.5 Å². The number of hydrogen-bond acceptors (Lipinski definition) is 6. The molecule has 67 heavy (non-hydrogen) atoms. The van der Waals surface area contributed by atoms with E-state index in [0.717, 1.165) is 103 Å². The molecule has 0 amide bonds. The van der Waals surface area contributed by atoms with E-state index in [1.165, 1.54) is 77.0 Å². The Bertz CT molecular complexity index is 1440. The zero-order valence-electron chi connectivity index (χ0n) is 43.1. The van der Waals surface area contributed by atoms with Gasteiger partial charge in [0.25, 0.3) is 0 Å². The van der Waals surface area contributed by atoms with Gasteiger partial charge in [-0.05, 0) is 116 Å². The standard InChI is InChI=1S/C61H98O6/c1-4-7-10-13-16-19-22-25-27-29-30-32-33-36-39-42-45-48-51-54-60(63)66-57-58(56-65-59(62)53-50-47-44-41-38-35-24-21-18-15-12-9-6-3)67-61(64)55-52-49-46-43-40-37-34-31-28-26-23-20-17-14-11-8-5-2/h7,9-10,12,16,18-19,21,25-28,30,32,35-36,38-39,45,48,58H,4-6,8,11,13-15,17,20,22-24,29,31,33-34,37,40-44,46-47,49-57H2,1-3H3/b10-7-,12-9-,19-16-,21-18-,27-25-,28-26-,32-30-,38-35-,39-36-,48-45-. The molecule has 6 nitrogen and oxygen atoms in total. The van der Waals surface area contributed by atoms with Crippen molar-refractivity contribution < 1.29 is 28.6 Å². The summed E-state index contributed by atoms with van der Waals surface area (Å²) in [5.41, 5.74) is 0. The van der Waals surface area contributed by atoms with Crippen molar-refractivity contribution >= 4 is 17.9 Å². The van der Waals surface area contributed by atoms with E-state index in [2.05, 4.69) is 130 Å². The summed E-state index contributed by atoms with van der Waals surface area (Å²) < 4.78 is 16.7. The Kier molecular flexibility index (Phi) is 51.0. The van der Waals surface area contributed by atoms with Crippen LogP contribution in [0.5, 0.6) is 0 Å². The molecule has 378 valence electrons. The van der Waals surface area contributed by atoms with Crippen LogP contribution in [0.25, 0.3) is 0 Å². The van der Waals surface area contributed by atoms with Crippen molar-refractivity contribution in [3.8, 4) is 0 Å². The van der Waals surface area contributed by atoms with Crippen LogP contribution in [-0.2, 0) is 28.6 Å². The number of allylic oxidation sites excluding steroid dienone is 20. The number of ether oxygens (including phenoxy) is 3. The highest BCUT2D eigenvalue weighted by Crippen LogP contribution is 2.13. The second-order valence-corrected chi connectivity index (χ2v) is 17.4. The molecular formula is C61H98O6. The van der Waals surface area contributed by atoms with Crippen LogP contribution in [0.4, 0.5) is 0 Å². The van der Waals surface area contributed by atoms with Gasteiger partial charge < -0.3 is 14.2 Å². The highest BCUT2D eigenvalue weighted by molar-refractivity contribution is 5.71. The minimum atomic E-state index is -0.826. The van der Waals surface area contributed by atoms with Gasteiger partial charge in [-0.15, -0.1) is 0 Å². The Labute approximate surface area is 412 Å². The maximum atomic E-state index is 12.8. The van der Waals surface area contributed by atoms with E-state index in [0.29, 0.717) is 19.3 Å². The predicted octanol–water partition coefficient (Wildman–Crippen LogP) is 18.1. The zero-order valence-corrected chi connectivity index (χ0v) is 43.1. The van der Waals surface area contributed by atoms with Crippen molar-refractivity contribution in [3.63, 3.8) is 0 Å². The van der Waals surface area contributed by atoms with Gasteiger partial charge in [-0.3, -0.25) is 14.4 Å². The summed E-state index contributed by atoms with van der Waals surface area (Å²) in [6.45, 7) is 6.30. The van der Waals surface area contributed by atoms with Crippen molar-refractivity contribution in [2.45, 2.75) is 232 Å². The molecule has 0 saturated carbocycles. The van der Waals surface area contributed by atoms with Crippen molar-refractivity contribution in [2.24, 2.45) is 0 Å². The molecule has 0 aromatic rings. The maximum Gasteiger partial charge on any atom is 0.306 e. The van der Waals surface area contributed by atoms with E-state index in [1.807, 2.05) is 12.2 Å². The molecule has 0 aromatic heterocycles. The van der Waals surface area contributed by atoms with E-state index in [4.69, 9.17) is 14.2 Å². The largest absolute Gasteiger partial charge is 0.462 e. The molecule has 6 heteroatoms. The molecule has 0 spiro atoms. The van der Waals surface area contributed by atoms with Crippen LogP contribution in [0.15, 0.2) is 122 Å². The number of esters is 3. The quantitative estimate of drug-likeness (QED) is 0.0262. The lowest BCUT2D eigenvalue weighted by atomic mass is 10.1. The minimum absolute atomic E-state index is 0.121. The van der Waals surface area contributed by atoms with Gasteiger partial charge in [-0.1, -0.05) is 213 Å². The fourth-order valence-electron chi connectivity index (χ4n) is 6.95. The third-order valence-corrected chi connectivity index (χ3v) is 10.9. The molecule has 0 aliphatic rings. The average Bonchev–Trinajstić information content (AvgIpc) is 3.33. The Morgan fingerprint density at radius 3 is 1.03 bits per heavy atom. The van der Waals surface area contributed by atoms with Crippen molar-refractivity contribution in [1.29, 1.82) is 0 Å². The second-order valence-electron chi connectivity index (χ2n) is 17.4. The molecule has 0 bridgehead atoms. The number of rotatable bonds is 47. The number of unbranched alkanes of at least 4 members (excludes halogenated alkanes) is 16. The summed E-state index contributed by atoms with van der Waals surface area (Å²) in [5, 5.41) is 0. The van der Waals surface area contributed by atoms with Crippen LogP contribution >= 0.6 is 0 Å². The highest BCUT2D eigenvalue weighted by atomic mass is 16.6. The summed E-state index contributed by atoms with van der Waals surface area (Å²) >= 11 is 0. The van der Waals surface area contributed by atoms with Crippen LogP contribution < -0.4 is 0 Å². The lowest BCUT2D eigenvalue weighted by Crippen LogP contribution is -2.30. The van der Waals surface area contributed by atoms with Crippen molar-refractivity contribution in [3.05, 3.63) is 122 Å². The van der Waals surface area contributed by atoms with Gasteiger partial charge in [0, 0.05) is 19.3 Å². The van der Waals surface area contributed by atoms with Gasteiger partial charge in [-0.2, -0.15) is 0 Å². The fraction of sp³-hybridized carbons (Fsp3) is 0.623. The Morgan fingerprint density at radius 1 is 0.313 bits per heavy atom. The summed E-state index contributed by atoms with van der Waals surface area (Å²) in [6.07, 6.45) is 74.8. The van der Waals surface area contributed by atoms with Crippen molar-refractivity contribution in [2.75, 3.05) is 13.2 Å². The predicted molar refractivity (Wildman–Crippen MR) is 288 cm³/mol. The molecular weight excluding hydrogens is 829 g/mol. The molecule has 0 saturated heterocycles. The van der Waals surface area contributed by atoms with Gasteiger partial charge >= 0.3 is 17.9 Å². The molecule has 1 unspecified atom stereocenters. The van der Waals surface area contributed by atoms with Crippen LogP contribution in [0, 0.1) is 0 Å². The van der Waals surface area contributed by atoms with Gasteiger partial charge in [0.15, 0.2) is 6.10 Å². The molecule has 0 aliphatic carbocycles. The zero-order chi connectivity index (χ0) is 48.6. The molecule has 0 radical (unpaired) electrons. The average molecular weight is 927 g/mol. The lowest BCUT2D eigenvalue weighted by molar-refractivity contribution is -0.166. The first kappa shape index (κ1) is 62.8. The Hall–Kier alpha value is -4.19. The summed E-state index contributed by atoms with van der Waals surface area (Å²) in [7, 11) is 0. The van der Waals surface area contributed by atoms with Crippen molar-refractivity contribution in [1.82, 2.24) is 0 Å². The summed E-state index contributed by atoms with van der Waals surface area (Å²) in [5.74, 6) is -1.04. The Morgan fingerprint density at radius 2 is 0.612 bits per heavy atom. The van der Waals surface area contributed by atoms with Gasteiger partial charge in [0.2, 0.25) is 0 Å². The molecule has 0 fully saturated rings. The fourth-order valence-corrected chi connectivity index (χ4v) is 6.95. The smallest absolute Gasteiger partial charge is 0.306 e. The van der Waals surface area contributed by atoms with Gasteiger partial charge in [0.1, 0.15) is 13.2 Å². The first-order chi connectivity index (χ1) is 33.0. The van der Waals surface area contributed by atoms with Gasteiger partial charge in [-0.25, -0.2) is 0 Å². The molecule has 0 N–H and O–H groups in total. The number of hydrogen-bond donors (Lipinski definition) is 0. The summed E-state index contributed by atoms with van der Waals surface area (Å²) in [4.78, 5) is 38.0. The third-order valence-electron chi connectivity index (χ3n) is 10.9. The topological polar surface area (TPSA) is 78.9 Å². The monoisotopic (exact) mass is 927 g/mol. The number of carbonyl (C=O) groups is 3. The van der Waals surface area contributed by atoms with Crippen LogP contribution in [0.3, 0.4) is 0 Å².